The number of nitrogens with zero attached hydrogens (tertiary/aromatic N) is 4. The van der Waals surface area contributed by atoms with Crippen molar-refractivity contribution in [3.63, 3.8) is 0 Å². The largest absolute Gasteiger partial charge is 0.477 e. The summed E-state index contributed by atoms with van der Waals surface area (Å²) in [6.07, 6.45) is -3.85. The number of aromatic nitrogens is 2. The highest BCUT2D eigenvalue weighted by atomic mass is 19.4. The van der Waals surface area contributed by atoms with Gasteiger partial charge in [-0.05, 0) is 31.5 Å². The van der Waals surface area contributed by atoms with Crippen molar-refractivity contribution in [2.75, 3.05) is 29.6 Å². The number of rotatable bonds is 7. The first-order chi connectivity index (χ1) is 14.1. The van der Waals surface area contributed by atoms with Crippen molar-refractivity contribution in [3.05, 3.63) is 35.4 Å². The number of nitrogens with two attached hydrogens (primary N) is 1. The van der Waals surface area contributed by atoms with E-state index in [0.29, 0.717) is 13.0 Å². The molecule has 0 aliphatic carbocycles. The Hall–Kier alpha value is -3.55. The number of alkyl halides is 3. The van der Waals surface area contributed by atoms with Crippen molar-refractivity contribution in [1.29, 1.82) is 5.26 Å². The molecule has 1 heterocycles. The lowest BCUT2D eigenvalue weighted by Crippen LogP contribution is -2.40. The molecule has 0 aliphatic heterocycles. The molecule has 1 aromatic carbocycles. The summed E-state index contributed by atoms with van der Waals surface area (Å²) in [7, 11) is 1.50. The highest BCUT2D eigenvalue weighted by Crippen LogP contribution is 2.31. The lowest BCUT2D eigenvalue weighted by Gasteiger charge is -2.26. The first kappa shape index (κ1) is 22.7. The van der Waals surface area contributed by atoms with E-state index in [9.17, 15) is 23.2 Å². The molecule has 30 heavy (non-hydrogen) atoms. The van der Waals surface area contributed by atoms with E-state index in [1.54, 1.807) is 0 Å². The second-order valence-electron chi connectivity index (χ2n) is 6.40. The number of halogens is 3. The van der Waals surface area contributed by atoms with Crippen LogP contribution in [-0.4, -0.2) is 35.6 Å². The van der Waals surface area contributed by atoms with Gasteiger partial charge >= 0.3 is 6.18 Å². The van der Waals surface area contributed by atoms with Gasteiger partial charge in [0.15, 0.2) is 11.4 Å². The number of anilines is 3. The Kier molecular flexibility index (Phi) is 7.05. The van der Waals surface area contributed by atoms with E-state index in [-0.39, 0.29) is 28.9 Å². The van der Waals surface area contributed by atoms with Crippen LogP contribution in [0.5, 0.6) is 5.88 Å². The first-order valence-corrected chi connectivity index (χ1v) is 8.99. The Balaban J connectivity index is 2.27. The van der Waals surface area contributed by atoms with Crippen LogP contribution in [0.2, 0.25) is 0 Å². The molecule has 0 spiro atoms. The predicted molar refractivity (Wildman–Crippen MR) is 105 cm³/mol. The van der Waals surface area contributed by atoms with Crippen molar-refractivity contribution < 1.29 is 22.7 Å². The number of likely N-dealkylation sites (N-methyl/N-ethyl adjacent to an activating group) is 1. The van der Waals surface area contributed by atoms with Crippen molar-refractivity contribution in [2.45, 2.75) is 32.5 Å². The molecular formula is C19H21F3N6O2. The number of carbonyl (C=O) groups excluding carboxylic acids is 1. The molecule has 11 heteroatoms. The lowest BCUT2D eigenvalue weighted by atomic mass is 10.2. The van der Waals surface area contributed by atoms with Crippen LogP contribution in [0, 0.1) is 11.3 Å². The molecule has 1 atom stereocenters. The van der Waals surface area contributed by atoms with Crippen LogP contribution in [0.3, 0.4) is 0 Å². The number of hydrogen-bond donors (Lipinski definition) is 2. The van der Waals surface area contributed by atoms with Crippen LogP contribution in [-0.2, 0) is 11.0 Å². The fourth-order valence-corrected chi connectivity index (χ4v) is 2.48. The molecule has 0 bridgehead atoms. The molecule has 8 nitrogen and oxygen atoms in total. The first-order valence-electron chi connectivity index (χ1n) is 8.99. The third-order valence-corrected chi connectivity index (χ3v) is 4.18. The number of benzene rings is 1. The van der Waals surface area contributed by atoms with E-state index < -0.39 is 23.7 Å². The molecule has 1 aromatic heterocycles. The van der Waals surface area contributed by atoms with Gasteiger partial charge in [0.05, 0.1) is 12.2 Å². The maximum atomic E-state index is 12.9. The average Bonchev–Trinajstić information content (AvgIpc) is 2.70. The number of nitrogen functional groups attached to an aromatic ring is 1. The second kappa shape index (κ2) is 9.30. The summed E-state index contributed by atoms with van der Waals surface area (Å²) in [6, 6.07) is 5.33. The van der Waals surface area contributed by atoms with E-state index in [1.165, 1.54) is 31.0 Å². The second-order valence-corrected chi connectivity index (χ2v) is 6.40. The van der Waals surface area contributed by atoms with Gasteiger partial charge in [0.1, 0.15) is 12.1 Å². The van der Waals surface area contributed by atoms with Crippen LogP contribution < -0.4 is 20.7 Å². The minimum Gasteiger partial charge on any atom is -0.477 e. The molecule has 1 amide bonds. The summed E-state index contributed by atoms with van der Waals surface area (Å²) in [5, 5.41) is 12.0. The molecule has 0 saturated carbocycles. The molecule has 0 radical (unpaired) electrons. The number of amides is 1. The van der Waals surface area contributed by atoms with Crippen molar-refractivity contribution in [3.8, 4) is 11.9 Å². The number of hydrogen-bond acceptors (Lipinski definition) is 7. The van der Waals surface area contributed by atoms with Gasteiger partial charge in [-0.3, -0.25) is 4.79 Å². The van der Waals surface area contributed by atoms with Gasteiger partial charge in [0, 0.05) is 12.7 Å². The fourth-order valence-electron chi connectivity index (χ4n) is 2.48. The minimum absolute atomic E-state index is 0.000753. The van der Waals surface area contributed by atoms with Crippen molar-refractivity contribution in [1.82, 2.24) is 9.97 Å². The van der Waals surface area contributed by atoms with Gasteiger partial charge < -0.3 is 20.7 Å². The molecule has 0 unspecified atom stereocenters. The van der Waals surface area contributed by atoms with Crippen molar-refractivity contribution in [2.24, 2.45) is 0 Å². The minimum atomic E-state index is -4.53. The summed E-state index contributed by atoms with van der Waals surface area (Å²) in [5.74, 6) is -0.677. The van der Waals surface area contributed by atoms with Crippen LogP contribution in [0.1, 0.15) is 31.4 Å². The maximum absolute atomic E-state index is 12.9. The Morgan fingerprint density at radius 3 is 2.70 bits per heavy atom. The monoisotopic (exact) mass is 422 g/mol. The molecule has 3 N–H and O–H groups in total. The third kappa shape index (κ3) is 5.28. The number of nitrogens with one attached hydrogen (secondary N) is 1. The Labute approximate surface area is 171 Å². The molecular weight excluding hydrogens is 401 g/mol. The highest BCUT2D eigenvalue weighted by molar-refractivity contribution is 5.96. The highest BCUT2D eigenvalue weighted by Gasteiger charge is 2.31. The van der Waals surface area contributed by atoms with E-state index in [0.717, 1.165) is 12.1 Å². The normalized spacial score (nSPS) is 12.0. The van der Waals surface area contributed by atoms with Gasteiger partial charge in [-0.1, -0.05) is 13.0 Å². The number of nitriles is 1. The lowest BCUT2D eigenvalue weighted by molar-refractivity contribution is -0.137. The van der Waals surface area contributed by atoms with Crippen molar-refractivity contribution >= 4 is 23.4 Å². The zero-order valence-corrected chi connectivity index (χ0v) is 16.6. The van der Waals surface area contributed by atoms with Crippen LogP contribution in [0.4, 0.5) is 30.6 Å². The van der Waals surface area contributed by atoms with E-state index in [4.69, 9.17) is 10.5 Å². The SMILES string of the molecule is CCCOc1nc(N)nc(N(C)[C@@H](C)C(=O)Nc2cccc(C(F)(F)F)c2)c1C#N. The summed E-state index contributed by atoms with van der Waals surface area (Å²) in [6.45, 7) is 3.69. The molecule has 0 fully saturated rings. The third-order valence-electron chi connectivity index (χ3n) is 4.18. The Morgan fingerprint density at radius 1 is 1.40 bits per heavy atom. The van der Waals surface area contributed by atoms with Gasteiger partial charge in [-0.25, -0.2) is 0 Å². The molecule has 2 aromatic rings. The van der Waals surface area contributed by atoms with Crippen LogP contribution in [0.25, 0.3) is 0 Å². The van der Waals surface area contributed by atoms with Crippen LogP contribution >= 0.6 is 0 Å². The zero-order valence-electron chi connectivity index (χ0n) is 16.6. The quantitative estimate of drug-likeness (QED) is 0.704. The van der Waals surface area contributed by atoms with Gasteiger partial charge in [0.25, 0.3) is 0 Å². The standard InChI is InChI=1S/C19H21F3N6O2/c1-4-8-30-17-14(10-23)15(26-18(24)27-17)28(3)11(2)16(29)25-13-7-5-6-12(9-13)19(20,21)22/h5-7,9,11H,4,8H2,1-3H3,(H,25,29)(H2,24,26,27)/t11-/m0/s1. The predicted octanol–water partition coefficient (Wildman–Crippen LogP) is 3.20. The smallest absolute Gasteiger partial charge is 0.416 e. The number of ether oxygens (including phenoxy) is 1. The van der Waals surface area contributed by atoms with Crippen LogP contribution in [0.15, 0.2) is 24.3 Å². The average molecular weight is 422 g/mol. The maximum Gasteiger partial charge on any atom is 0.416 e. The summed E-state index contributed by atoms with van der Waals surface area (Å²) >= 11 is 0. The van der Waals surface area contributed by atoms with E-state index in [2.05, 4.69) is 15.3 Å². The summed E-state index contributed by atoms with van der Waals surface area (Å²) in [4.78, 5) is 21.9. The topological polar surface area (TPSA) is 117 Å². The van der Waals surface area contributed by atoms with E-state index >= 15 is 0 Å². The summed E-state index contributed by atoms with van der Waals surface area (Å²) in [5.41, 5.74) is 4.81. The van der Waals surface area contributed by atoms with Gasteiger partial charge in [0.2, 0.25) is 17.7 Å². The van der Waals surface area contributed by atoms with Gasteiger partial charge in [-0.2, -0.15) is 28.4 Å². The fraction of sp³-hybridized carbons (Fsp3) is 0.368. The van der Waals surface area contributed by atoms with E-state index in [1.807, 2.05) is 13.0 Å². The zero-order chi connectivity index (χ0) is 22.5. The molecule has 0 aliphatic rings. The molecule has 0 saturated heterocycles. The van der Waals surface area contributed by atoms with Gasteiger partial charge in [-0.15, -0.1) is 0 Å². The molecule has 2 rings (SSSR count). The number of carbonyl (C=O) groups is 1. The molecule has 160 valence electrons. The Bertz CT molecular complexity index is 958. The Morgan fingerprint density at radius 2 is 2.10 bits per heavy atom. The summed E-state index contributed by atoms with van der Waals surface area (Å²) < 4.78 is 44.1.